The molecular weight excluding hydrogens is 290 g/mol. The van der Waals surface area contributed by atoms with Gasteiger partial charge in [0.1, 0.15) is 0 Å². The van der Waals surface area contributed by atoms with Gasteiger partial charge in [-0.15, -0.1) is 0 Å². The van der Waals surface area contributed by atoms with E-state index in [0.29, 0.717) is 30.2 Å². The quantitative estimate of drug-likeness (QED) is 0.901. The summed E-state index contributed by atoms with van der Waals surface area (Å²) in [5, 5.41) is 3.39. The van der Waals surface area contributed by atoms with Crippen molar-refractivity contribution in [2.75, 3.05) is 18.4 Å². The van der Waals surface area contributed by atoms with Crippen molar-refractivity contribution in [3.63, 3.8) is 0 Å². The number of urea groups is 1. The Labute approximate surface area is 129 Å². The van der Waals surface area contributed by atoms with Crippen LogP contribution in [0.25, 0.3) is 0 Å². The van der Waals surface area contributed by atoms with Gasteiger partial charge >= 0.3 is 6.03 Å². The first-order valence-electron chi connectivity index (χ1n) is 7.06. The van der Waals surface area contributed by atoms with Gasteiger partial charge in [-0.25, -0.2) is 4.79 Å². The number of hydrogen-bond donors (Lipinski definition) is 2. The summed E-state index contributed by atoms with van der Waals surface area (Å²) >= 11 is 6.18. The van der Waals surface area contributed by atoms with E-state index in [1.165, 1.54) is 0 Å². The van der Waals surface area contributed by atoms with E-state index >= 15 is 0 Å². The molecule has 21 heavy (non-hydrogen) atoms. The SMILES string of the molecule is Cc1cccc(NC(=O)N2CCC[C@H](CC(N)=O)C2)c1Cl. The molecule has 1 aromatic rings. The molecule has 0 radical (unpaired) electrons. The number of piperidine rings is 1. The number of nitrogens with zero attached hydrogens (tertiary/aromatic N) is 1. The molecule has 114 valence electrons. The summed E-state index contributed by atoms with van der Waals surface area (Å²) in [4.78, 5) is 25.0. The van der Waals surface area contributed by atoms with E-state index in [9.17, 15) is 9.59 Å². The minimum atomic E-state index is -0.316. The summed E-state index contributed by atoms with van der Waals surface area (Å²) in [5.41, 5.74) is 6.76. The fraction of sp³-hybridized carbons (Fsp3) is 0.467. The van der Waals surface area contributed by atoms with Gasteiger partial charge in [0.15, 0.2) is 0 Å². The Morgan fingerprint density at radius 2 is 2.24 bits per heavy atom. The van der Waals surface area contributed by atoms with Crippen LogP contribution < -0.4 is 11.1 Å². The van der Waals surface area contributed by atoms with Crippen LogP contribution in [0, 0.1) is 12.8 Å². The Balaban J connectivity index is 1.99. The molecular formula is C15H20ClN3O2. The number of nitrogens with one attached hydrogen (secondary N) is 1. The minimum absolute atomic E-state index is 0.148. The van der Waals surface area contributed by atoms with Crippen molar-refractivity contribution in [3.05, 3.63) is 28.8 Å². The second kappa shape index (κ2) is 6.80. The zero-order valence-corrected chi connectivity index (χ0v) is 12.8. The number of aryl methyl sites for hydroxylation is 1. The molecule has 1 heterocycles. The first-order valence-corrected chi connectivity index (χ1v) is 7.44. The molecule has 3 amide bonds. The van der Waals surface area contributed by atoms with Crippen LogP contribution in [-0.2, 0) is 4.79 Å². The highest BCUT2D eigenvalue weighted by atomic mass is 35.5. The number of benzene rings is 1. The first-order chi connectivity index (χ1) is 9.97. The van der Waals surface area contributed by atoms with Crippen molar-refractivity contribution in [1.29, 1.82) is 0 Å². The third-order valence-corrected chi connectivity index (χ3v) is 4.23. The zero-order chi connectivity index (χ0) is 15.4. The third kappa shape index (κ3) is 4.11. The van der Waals surface area contributed by atoms with Gasteiger partial charge < -0.3 is 16.0 Å². The molecule has 0 unspecified atom stereocenters. The van der Waals surface area contributed by atoms with Crippen molar-refractivity contribution in [3.8, 4) is 0 Å². The second-order valence-electron chi connectivity index (χ2n) is 5.49. The summed E-state index contributed by atoms with van der Waals surface area (Å²) in [6, 6.07) is 5.33. The van der Waals surface area contributed by atoms with Gasteiger partial charge in [-0.2, -0.15) is 0 Å². The summed E-state index contributed by atoms with van der Waals surface area (Å²) in [5.74, 6) is -0.168. The monoisotopic (exact) mass is 309 g/mol. The summed E-state index contributed by atoms with van der Waals surface area (Å²) in [6.07, 6.45) is 2.14. The number of primary amides is 1. The van der Waals surface area contributed by atoms with E-state index in [4.69, 9.17) is 17.3 Å². The first kappa shape index (κ1) is 15.6. The van der Waals surface area contributed by atoms with Crippen LogP contribution in [0.15, 0.2) is 18.2 Å². The van der Waals surface area contributed by atoms with Gasteiger partial charge in [0, 0.05) is 19.5 Å². The van der Waals surface area contributed by atoms with Crippen molar-refractivity contribution < 1.29 is 9.59 Å². The average Bonchev–Trinajstić information content (AvgIpc) is 2.43. The fourth-order valence-corrected chi connectivity index (χ4v) is 2.81. The Bertz CT molecular complexity index is 548. The summed E-state index contributed by atoms with van der Waals surface area (Å²) < 4.78 is 0. The van der Waals surface area contributed by atoms with Gasteiger partial charge in [-0.05, 0) is 37.3 Å². The normalized spacial score (nSPS) is 18.4. The maximum Gasteiger partial charge on any atom is 0.321 e. The van der Waals surface area contributed by atoms with E-state index < -0.39 is 0 Å². The van der Waals surface area contributed by atoms with Gasteiger partial charge in [0.05, 0.1) is 10.7 Å². The van der Waals surface area contributed by atoms with Crippen molar-refractivity contribution in [2.45, 2.75) is 26.2 Å². The maximum absolute atomic E-state index is 12.3. The molecule has 1 fully saturated rings. The van der Waals surface area contributed by atoms with E-state index in [1.54, 1.807) is 11.0 Å². The third-order valence-electron chi connectivity index (χ3n) is 3.73. The standard InChI is InChI=1S/C15H20ClN3O2/c1-10-4-2-6-12(14(10)16)18-15(21)19-7-3-5-11(9-19)8-13(17)20/h2,4,6,11H,3,5,7-9H2,1H3,(H2,17,20)(H,18,21)/t11-/m1/s1. The molecule has 0 bridgehead atoms. The van der Waals surface area contributed by atoms with Gasteiger partial charge in [-0.3, -0.25) is 4.79 Å². The van der Waals surface area contributed by atoms with Crippen LogP contribution in [0.3, 0.4) is 0 Å². The number of carbonyl (C=O) groups excluding carboxylic acids is 2. The summed E-state index contributed by atoms with van der Waals surface area (Å²) in [7, 11) is 0. The highest BCUT2D eigenvalue weighted by Crippen LogP contribution is 2.26. The molecule has 1 aliphatic rings. The van der Waals surface area contributed by atoms with E-state index in [0.717, 1.165) is 18.4 Å². The lowest BCUT2D eigenvalue weighted by molar-refractivity contribution is -0.119. The lowest BCUT2D eigenvalue weighted by Crippen LogP contribution is -2.43. The van der Waals surface area contributed by atoms with E-state index in [-0.39, 0.29) is 17.9 Å². The number of rotatable bonds is 3. The van der Waals surface area contributed by atoms with Crippen molar-refractivity contribution in [1.82, 2.24) is 4.90 Å². The number of halogens is 1. The number of carbonyl (C=O) groups is 2. The van der Waals surface area contributed by atoms with Crippen molar-refractivity contribution >= 4 is 29.2 Å². The van der Waals surface area contributed by atoms with E-state index in [1.807, 2.05) is 19.1 Å². The molecule has 1 aromatic carbocycles. The van der Waals surface area contributed by atoms with Crippen LogP contribution in [-0.4, -0.2) is 29.9 Å². The highest BCUT2D eigenvalue weighted by Gasteiger charge is 2.25. The predicted molar refractivity (Wildman–Crippen MR) is 83.3 cm³/mol. The predicted octanol–water partition coefficient (Wildman–Crippen LogP) is 2.77. The summed E-state index contributed by atoms with van der Waals surface area (Å²) in [6.45, 7) is 3.13. The molecule has 2 rings (SSSR count). The van der Waals surface area contributed by atoms with Gasteiger partial charge in [-0.1, -0.05) is 23.7 Å². The fourth-order valence-electron chi connectivity index (χ4n) is 2.64. The van der Waals surface area contributed by atoms with E-state index in [2.05, 4.69) is 5.32 Å². The number of hydrogen-bond acceptors (Lipinski definition) is 2. The van der Waals surface area contributed by atoms with Crippen LogP contribution in [0.4, 0.5) is 10.5 Å². The number of amides is 3. The molecule has 0 spiro atoms. The zero-order valence-electron chi connectivity index (χ0n) is 12.1. The number of anilines is 1. The molecule has 1 aliphatic heterocycles. The molecule has 1 atom stereocenters. The molecule has 0 saturated carbocycles. The van der Waals surface area contributed by atoms with Crippen molar-refractivity contribution in [2.24, 2.45) is 11.7 Å². The number of nitrogens with two attached hydrogens (primary N) is 1. The van der Waals surface area contributed by atoms with Gasteiger partial charge in [0.25, 0.3) is 0 Å². The Morgan fingerprint density at radius 1 is 1.48 bits per heavy atom. The lowest BCUT2D eigenvalue weighted by atomic mass is 9.95. The Hall–Kier alpha value is -1.75. The van der Waals surface area contributed by atoms with Crippen LogP contribution in [0.2, 0.25) is 5.02 Å². The molecule has 1 saturated heterocycles. The lowest BCUT2D eigenvalue weighted by Gasteiger charge is -2.32. The Morgan fingerprint density at radius 3 is 2.95 bits per heavy atom. The van der Waals surface area contributed by atoms with Crippen LogP contribution in [0.5, 0.6) is 0 Å². The Kier molecular flexibility index (Phi) is 5.07. The van der Waals surface area contributed by atoms with Crippen LogP contribution >= 0.6 is 11.6 Å². The average molecular weight is 310 g/mol. The number of likely N-dealkylation sites (tertiary alicyclic amines) is 1. The smallest absolute Gasteiger partial charge is 0.321 e. The molecule has 0 aromatic heterocycles. The molecule has 6 heteroatoms. The second-order valence-corrected chi connectivity index (χ2v) is 5.87. The minimum Gasteiger partial charge on any atom is -0.370 e. The molecule has 0 aliphatic carbocycles. The van der Waals surface area contributed by atoms with Crippen LogP contribution in [0.1, 0.15) is 24.8 Å². The molecule has 5 nitrogen and oxygen atoms in total. The highest BCUT2D eigenvalue weighted by molar-refractivity contribution is 6.34. The largest absolute Gasteiger partial charge is 0.370 e. The van der Waals surface area contributed by atoms with Gasteiger partial charge in [0.2, 0.25) is 5.91 Å². The maximum atomic E-state index is 12.3. The topological polar surface area (TPSA) is 75.4 Å². The molecule has 3 N–H and O–H groups in total.